The second-order valence-electron chi connectivity index (χ2n) is 3.84. The number of rotatable bonds is 4. The van der Waals surface area contributed by atoms with Crippen LogP contribution in [0.4, 0.5) is 0 Å². The maximum absolute atomic E-state index is 11.1. The van der Waals surface area contributed by atoms with Crippen LogP contribution in [0.1, 0.15) is 19.8 Å². The van der Waals surface area contributed by atoms with E-state index in [9.17, 15) is 13.0 Å². The zero-order valence-electron chi connectivity index (χ0n) is 9.46. The molecule has 0 spiro atoms. The molecule has 17 heavy (non-hydrogen) atoms. The van der Waals surface area contributed by atoms with Gasteiger partial charge in [-0.15, -0.1) is 0 Å². The number of hydrogen-bond donors (Lipinski definition) is 0. The van der Waals surface area contributed by atoms with Gasteiger partial charge >= 0.3 is 0 Å². The second-order valence-corrected chi connectivity index (χ2v) is 5.12. The zero-order chi connectivity index (χ0) is 12.5. The Kier molecular flexibility index (Phi) is 3.17. The monoisotopic (exact) mass is 253 g/mol. The molecule has 1 aromatic carbocycles. The predicted octanol–water partition coefficient (Wildman–Crippen LogP) is 1.74. The van der Waals surface area contributed by atoms with Crippen molar-refractivity contribution < 1.29 is 13.0 Å². The van der Waals surface area contributed by atoms with Gasteiger partial charge in [0.1, 0.15) is 0 Å². The van der Waals surface area contributed by atoms with Gasteiger partial charge < -0.3 is 9.12 Å². The third-order valence-electron chi connectivity index (χ3n) is 2.58. The molecule has 0 fully saturated rings. The first kappa shape index (κ1) is 12.1. The molecule has 0 N–H and O–H groups in total. The van der Waals surface area contributed by atoms with Gasteiger partial charge in [0.05, 0.1) is 11.0 Å². The summed E-state index contributed by atoms with van der Waals surface area (Å²) in [6, 6.07) is 7.04. The van der Waals surface area contributed by atoms with Gasteiger partial charge in [-0.3, -0.25) is 0 Å². The van der Waals surface area contributed by atoms with E-state index < -0.39 is 10.1 Å². The van der Waals surface area contributed by atoms with Crippen molar-refractivity contribution in [2.75, 3.05) is 0 Å². The lowest BCUT2D eigenvalue weighted by Gasteiger charge is -2.10. The third kappa shape index (κ3) is 2.32. The molecule has 0 amide bonds. The van der Waals surface area contributed by atoms with E-state index in [4.69, 9.17) is 0 Å². The van der Waals surface area contributed by atoms with Crippen LogP contribution >= 0.6 is 0 Å². The van der Waals surface area contributed by atoms with Gasteiger partial charge in [-0.1, -0.05) is 25.5 Å². The summed E-state index contributed by atoms with van der Waals surface area (Å²) in [5.74, 6) is 0. The minimum absolute atomic E-state index is 0.382. The Balaban J connectivity index is 2.65. The molecule has 0 saturated heterocycles. The molecule has 0 aliphatic rings. The summed E-state index contributed by atoms with van der Waals surface area (Å²) in [5.41, 5.74) is 1.23. The number of nitrogens with zero attached hydrogens (tertiary/aromatic N) is 2. The van der Waals surface area contributed by atoms with E-state index in [1.165, 1.54) is 4.57 Å². The average Bonchev–Trinajstić information content (AvgIpc) is 2.65. The van der Waals surface area contributed by atoms with E-state index in [-0.39, 0.29) is 5.16 Å². The molecule has 1 aromatic heterocycles. The fraction of sp³-hybridized carbons (Fsp3) is 0.364. The van der Waals surface area contributed by atoms with Crippen LogP contribution in [-0.4, -0.2) is 22.5 Å². The minimum Gasteiger partial charge on any atom is -0.742 e. The van der Waals surface area contributed by atoms with E-state index in [0.29, 0.717) is 17.6 Å². The lowest BCUT2D eigenvalue weighted by molar-refractivity contribution is 0.444. The van der Waals surface area contributed by atoms with Crippen molar-refractivity contribution in [1.82, 2.24) is 9.55 Å². The normalized spacial score (nSPS) is 12.1. The van der Waals surface area contributed by atoms with Crippen LogP contribution in [0.3, 0.4) is 0 Å². The van der Waals surface area contributed by atoms with Crippen molar-refractivity contribution in [3.63, 3.8) is 0 Å². The van der Waals surface area contributed by atoms with E-state index in [2.05, 4.69) is 4.98 Å². The van der Waals surface area contributed by atoms with Crippen LogP contribution in [0.15, 0.2) is 29.4 Å². The second kappa shape index (κ2) is 4.46. The molecule has 2 rings (SSSR count). The van der Waals surface area contributed by atoms with Crippen LogP contribution in [0, 0.1) is 0 Å². The molecular formula is C11H13N2O3S-. The number of hydrogen-bond acceptors (Lipinski definition) is 4. The van der Waals surface area contributed by atoms with Gasteiger partial charge in [0, 0.05) is 6.54 Å². The quantitative estimate of drug-likeness (QED) is 0.778. The molecule has 0 radical (unpaired) electrons. The number of aromatic nitrogens is 2. The highest BCUT2D eigenvalue weighted by Crippen LogP contribution is 2.19. The number of unbranched alkanes of at least 4 members (excludes halogenated alkanes) is 1. The van der Waals surface area contributed by atoms with Gasteiger partial charge in [0.2, 0.25) is 5.16 Å². The fourth-order valence-corrected chi connectivity index (χ4v) is 2.45. The van der Waals surface area contributed by atoms with Gasteiger partial charge in [-0.25, -0.2) is 13.4 Å². The Bertz CT molecular complexity index is 631. The first-order valence-electron chi connectivity index (χ1n) is 5.45. The van der Waals surface area contributed by atoms with Crippen LogP contribution < -0.4 is 0 Å². The van der Waals surface area contributed by atoms with Crippen molar-refractivity contribution in [1.29, 1.82) is 0 Å². The average molecular weight is 253 g/mol. The summed E-state index contributed by atoms with van der Waals surface area (Å²) in [7, 11) is -4.52. The van der Waals surface area contributed by atoms with Crippen LogP contribution in [-0.2, 0) is 16.7 Å². The highest BCUT2D eigenvalue weighted by molar-refractivity contribution is 7.85. The number of imidazole rings is 1. The number of para-hydroxylation sites is 2. The minimum atomic E-state index is -4.52. The molecule has 1 heterocycles. The van der Waals surface area contributed by atoms with Crippen molar-refractivity contribution in [2.24, 2.45) is 0 Å². The van der Waals surface area contributed by atoms with Crippen LogP contribution in [0.2, 0.25) is 0 Å². The van der Waals surface area contributed by atoms with Crippen molar-refractivity contribution in [2.45, 2.75) is 31.5 Å². The number of fused-ring (bicyclic) bond motifs is 1. The van der Waals surface area contributed by atoms with Gasteiger partial charge in [-0.2, -0.15) is 0 Å². The molecule has 6 heteroatoms. The maximum Gasteiger partial charge on any atom is 0.215 e. The predicted molar refractivity (Wildman–Crippen MR) is 62.6 cm³/mol. The summed E-state index contributed by atoms with van der Waals surface area (Å²) in [6.45, 7) is 2.50. The van der Waals surface area contributed by atoms with E-state index in [1.54, 1.807) is 24.3 Å². The molecule has 0 unspecified atom stereocenters. The summed E-state index contributed by atoms with van der Waals surface area (Å²) < 4.78 is 34.9. The van der Waals surface area contributed by atoms with Crippen molar-refractivity contribution >= 4 is 21.2 Å². The first-order valence-corrected chi connectivity index (χ1v) is 6.86. The van der Waals surface area contributed by atoms with Gasteiger partial charge in [0.15, 0.2) is 10.1 Å². The van der Waals surface area contributed by atoms with E-state index in [0.717, 1.165) is 12.8 Å². The molecule has 5 nitrogen and oxygen atoms in total. The highest BCUT2D eigenvalue weighted by Gasteiger charge is 2.14. The first-order chi connectivity index (χ1) is 8.04. The number of benzene rings is 1. The summed E-state index contributed by atoms with van der Waals surface area (Å²) in [5, 5.41) is -0.382. The molecule has 0 aliphatic heterocycles. The van der Waals surface area contributed by atoms with E-state index >= 15 is 0 Å². The Morgan fingerprint density at radius 1 is 1.35 bits per heavy atom. The Hall–Kier alpha value is -1.40. The van der Waals surface area contributed by atoms with Crippen LogP contribution in [0.25, 0.3) is 11.0 Å². The Labute approximate surface area is 99.8 Å². The van der Waals surface area contributed by atoms with Crippen molar-refractivity contribution in [3.05, 3.63) is 24.3 Å². The zero-order valence-corrected chi connectivity index (χ0v) is 10.3. The third-order valence-corrected chi connectivity index (χ3v) is 3.34. The molecule has 92 valence electrons. The van der Waals surface area contributed by atoms with Crippen LogP contribution in [0.5, 0.6) is 0 Å². The van der Waals surface area contributed by atoms with Gasteiger partial charge in [0.25, 0.3) is 0 Å². The molecule has 0 aliphatic carbocycles. The molecule has 0 saturated carbocycles. The molecule has 2 aromatic rings. The number of aryl methyl sites for hydroxylation is 1. The summed E-state index contributed by atoms with van der Waals surface area (Å²) >= 11 is 0. The molecule has 0 atom stereocenters. The molecule has 0 bridgehead atoms. The Morgan fingerprint density at radius 3 is 2.71 bits per heavy atom. The van der Waals surface area contributed by atoms with Crippen molar-refractivity contribution in [3.8, 4) is 0 Å². The maximum atomic E-state index is 11.1. The summed E-state index contributed by atoms with van der Waals surface area (Å²) in [4.78, 5) is 3.90. The van der Waals surface area contributed by atoms with E-state index in [1.807, 2.05) is 6.92 Å². The smallest absolute Gasteiger partial charge is 0.215 e. The lowest BCUT2D eigenvalue weighted by Crippen LogP contribution is -2.10. The SMILES string of the molecule is CCCCn1c(S(=O)(=O)[O-])nc2ccccc21. The largest absolute Gasteiger partial charge is 0.742 e. The standard InChI is InChI=1S/C11H14N2O3S/c1-2-3-8-13-10-7-5-4-6-9(10)12-11(13)17(14,15)16/h4-7H,2-3,8H2,1H3,(H,14,15,16)/p-1. The summed E-state index contributed by atoms with van der Waals surface area (Å²) in [6.07, 6.45) is 1.73. The van der Waals surface area contributed by atoms with Gasteiger partial charge in [-0.05, 0) is 18.6 Å². The topological polar surface area (TPSA) is 75.0 Å². The highest BCUT2D eigenvalue weighted by atomic mass is 32.2. The Morgan fingerprint density at radius 2 is 2.06 bits per heavy atom. The molecular weight excluding hydrogens is 240 g/mol. The fourth-order valence-electron chi connectivity index (χ4n) is 1.78. The lowest BCUT2D eigenvalue weighted by atomic mass is 10.3.